The van der Waals surface area contributed by atoms with Gasteiger partial charge in [-0.05, 0) is 44.9 Å². The normalized spacial score (nSPS) is 16.5. The number of carboxylic acids is 1. The molecule has 1 aromatic rings. The number of rotatable bonds is 4. The monoisotopic (exact) mass is 349 g/mol. The summed E-state index contributed by atoms with van der Waals surface area (Å²) in [6.07, 6.45) is 0.0346. The second-order valence-corrected chi connectivity index (χ2v) is 7.27. The fraction of sp³-hybridized carbons (Fsp3) is 0.556. The van der Waals surface area contributed by atoms with Gasteiger partial charge in [0.1, 0.15) is 11.6 Å². The van der Waals surface area contributed by atoms with E-state index in [1.807, 2.05) is 45.0 Å². The third kappa shape index (κ3) is 5.63. The summed E-state index contributed by atoms with van der Waals surface area (Å²) < 4.78 is 5.40. The van der Waals surface area contributed by atoms with Crippen LogP contribution in [0.4, 0.5) is 10.5 Å². The molecule has 7 nitrogen and oxygen atoms in total. The largest absolute Gasteiger partial charge is 0.480 e. The number of aliphatic carboxylic acids is 1. The lowest BCUT2D eigenvalue weighted by atomic mass is 10.1. The van der Waals surface area contributed by atoms with Gasteiger partial charge in [-0.1, -0.05) is 12.1 Å². The van der Waals surface area contributed by atoms with Crippen LogP contribution in [-0.4, -0.2) is 59.9 Å². The van der Waals surface area contributed by atoms with Crippen LogP contribution in [0.1, 0.15) is 26.3 Å². The average molecular weight is 349 g/mol. The molecule has 138 valence electrons. The maximum absolute atomic E-state index is 12.1. The smallest absolute Gasteiger partial charge is 0.410 e. The van der Waals surface area contributed by atoms with E-state index in [2.05, 4.69) is 4.90 Å². The molecule has 1 atom stereocenters. The van der Waals surface area contributed by atoms with Crippen LogP contribution in [0.2, 0.25) is 0 Å². The van der Waals surface area contributed by atoms with Crippen molar-refractivity contribution in [2.45, 2.75) is 38.8 Å². The molecule has 25 heavy (non-hydrogen) atoms. The number of carbonyl (C=O) groups excluding carboxylic acids is 1. The van der Waals surface area contributed by atoms with Crippen LogP contribution in [-0.2, 0) is 16.0 Å². The van der Waals surface area contributed by atoms with E-state index in [9.17, 15) is 9.59 Å². The molecule has 0 aromatic heterocycles. The summed E-state index contributed by atoms with van der Waals surface area (Å²) in [7, 11) is 0. The Kier molecular flexibility index (Phi) is 5.89. The average Bonchev–Trinajstić information content (AvgIpc) is 2.54. The molecule has 3 N–H and O–H groups in total. The van der Waals surface area contributed by atoms with Crippen LogP contribution in [0.25, 0.3) is 0 Å². The van der Waals surface area contributed by atoms with Crippen molar-refractivity contribution in [1.29, 1.82) is 0 Å². The predicted molar refractivity (Wildman–Crippen MR) is 95.8 cm³/mol. The lowest BCUT2D eigenvalue weighted by Gasteiger charge is -2.36. The Morgan fingerprint density at radius 3 is 2.20 bits per heavy atom. The zero-order valence-corrected chi connectivity index (χ0v) is 15.1. The molecule has 1 aliphatic heterocycles. The molecule has 1 unspecified atom stereocenters. The van der Waals surface area contributed by atoms with Crippen molar-refractivity contribution < 1.29 is 19.4 Å². The van der Waals surface area contributed by atoms with Crippen LogP contribution in [0.15, 0.2) is 24.3 Å². The van der Waals surface area contributed by atoms with Gasteiger partial charge in [0.2, 0.25) is 0 Å². The standard InChI is InChI=1S/C18H27N3O4/c1-18(2,3)25-17(24)21-10-8-20(9-11-21)14-6-4-13(5-7-14)12-15(19)16(22)23/h4-7,15H,8-12,19H2,1-3H3,(H,22,23). The minimum Gasteiger partial charge on any atom is -0.480 e. The summed E-state index contributed by atoms with van der Waals surface area (Å²) in [6.45, 7) is 8.26. The van der Waals surface area contributed by atoms with Gasteiger partial charge in [-0.15, -0.1) is 0 Å². The Morgan fingerprint density at radius 2 is 1.72 bits per heavy atom. The number of anilines is 1. The van der Waals surface area contributed by atoms with Gasteiger partial charge in [0.25, 0.3) is 0 Å². The molecule has 0 radical (unpaired) electrons. The van der Waals surface area contributed by atoms with Gasteiger partial charge < -0.3 is 25.4 Å². The molecule has 7 heteroatoms. The topological polar surface area (TPSA) is 96.1 Å². The van der Waals surface area contributed by atoms with E-state index in [-0.39, 0.29) is 6.09 Å². The van der Waals surface area contributed by atoms with Crippen LogP contribution in [0, 0.1) is 0 Å². The second kappa shape index (κ2) is 7.74. The van der Waals surface area contributed by atoms with Gasteiger partial charge in [-0.25, -0.2) is 4.79 Å². The van der Waals surface area contributed by atoms with Crippen LogP contribution >= 0.6 is 0 Å². The number of hydrogen-bond donors (Lipinski definition) is 2. The third-order valence-corrected chi connectivity index (χ3v) is 4.01. The number of nitrogens with zero attached hydrogens (tertiary/aromatic N) is 2. The summed E-state index contributed by atoms with van der Waals surface area (Å²) in [5.41, 5.74) is 7.02. The van der Waals surface area contributed by atoms with E-state index in [0.29, 0.717) is 19.5 Å². The molecule has 1 amide bonds. The number of carboxylic acid groups (broad SMARTS) is 1. The second-order valence-electron chi connectivity index (χ2n) is 7.27. The Balaban J connectivity index is 1.88. The number of nitrogens with two attached hydrogens (primary N) is 1. The minimum absolute atomic E-state index is 0.273. The van der Waals surface area contributed by atoms with Gasteiger partial charge in [0.15, 0.2) is 0 Å². The van der Waals surface area contributed by atoms with E-state index in [1.165, 1.54) is 0 Å². The first-order valence-electron chi connectivity index (χ1n) is 8.46. The summed E-state index contributed by atoms with van der Waals surface area (Å²) in [6, 6.07) is 6.85. The van der Waals surface area contributed by atoms with Gasteiger partial charge in [0, 0.05) is 31.9 Å². The molecule has 1 heterocycles. The van der Waals surface area contributed by atoms with Gasteiger partial charge in [-0.2, -0.15) is 0 Å². The highest BCUT2D eigenvalue weighted by Gasteiger charge is 2.25. The molecular formula is C18H27N3O4. The number of ether oxygens (including phenoxy) is 1. The van der Waals surface area contributed by atoms with E-state index in [4.69, 9.17) is 15.6 Å². The maximum Gasteiger partial charge on any atom is 0.410 e. The SMILES string of the molecule is CC(C)(C)OC(=O)N1CCN(c2ccc(CC(N)C(=O)O)cc2)CC1. The van der Waals surface area contributed by atoms with Crippen LogP contribution < -0.4 is 10.6 Å². The van der Waals surface area contributed by atoms with Gasteiger partial charge in [-0.3, -0.25) is 4.79 Å². The first-order valence-corrected chi connectivity index (χ1v) is 8.46. The van der Waals surface area contributed by atoms with Crippen LogP contribution in [0.3, 0.4) is 0 Å². The Labute approximate surface area is 148 Å². The fourth-order valence-electron chi connectivity index (χ4n) is 2.66. The molecule has 0 bridgehead atoms. The molecule has 2 rings (SSSR count). The summed E-state index contributed by atoms with van der Waals surface area (Å²) >= 11 is 0. The van der Waals surface area contributed by atoms with Crippen molar-refractivity contribution in [3.63, 3.8) is 0 Å². The molecule has 0 aliphatic carbocycles. The molecule has 1 saturated heterocycles. The lowest BCUT2D eigenvalue weighted by Crippen LogP contribution is -2.50. The van der Waals surface area contributed by atoms with E-state index in [1.54, 1.807) is 4.90 Å². The van der Waals surface area contributed by atoms with E-state index < -0.39 is 17.6 Å². The van der Waals surface area contributed by atoms with E-state index in [0.717, 1.165) is 24.3 Å². The lowest BCUT2D eigenvalue weighted by molar-refractivity contribution is -0.138. The Hall–Kier alpha value is -2.28. The Morgan fingerprint density at radius 1 is 1.16 bits per heavy atom. The number of hydrogen-bond acceptors (Lipinski definition) is 5. The zero-order valence-electron chi connectivity index (χ0n) is 15.1. The Bertz CT molecular complexity index is 602. The molecule has 0 saturated carbocycles. The highest BCUT2D eigenvalue weighted by molar-refractivity contribution is 5.73. The zero-order chi connectivity index (χ0) is 18.6. The van der Waals surface area contributed by atoms with Crippen molar-refractivity contribution in [1.82, 2.24) is 4.90 Å². The highest BCUT2D eigenvalue weighted by Crippen LogP contribution is 2.19. The highest BCUT2D eigenvalue weighted by atomic mass is 16.6. The third-order valence-electron chi connectivity index (χ3n) is 4.01. The predicted octanol–water partition coefficient (Wildman–Crippen LogP) is 1.70. The quantitative estimate of drug-likeness (QED) is 0.859. The van der Waals surface area contributed by atoms with Crippen LogP contribution in [0.5, 0.6) is 0 Å². The molecule has 0 spiro atoms. The number of piperazine rings is 1. The fourth-order valence-corrected chi connectivity index (χ4v) is 2.66. The number of benzene rings is 1. The first kappa shape index (κ1) is 19.1. The summed E-state index contributed by atoms with van der Waals surface area (Å²) in [4.78, 5) is 26.8. The van der Waals surface area contributed by atoms with Crippen molar-refractivity contribution in [3.8, 4) is 0 Å². The van der Waals surface area contributed by atoms with E-state index >= 15 is 0 Å². The number of amides is 1. The maximum atomic E-state index is 12.1. The summed E-state index contributed by atoms with van der Waals surface area (Å²) in [5.74, 6) is -0.998. The molecular weight excluding hydrogens is 322 g/mol. The summed E-state index contributed by atoms with van der Waals surface area (Å²) in [5, 5.41) is 8.87. The first-order chi connectivity index (χ1) is 11.7. The minimum atomic E-state index is -0.998. The van der Waals surface area contributed by atoms with Crippen molar-refractivity contribution in [2.24, 2.45) is 5.73 Å². The molecule has 1 aliphatic rings. The molecule has 1 aromatic carbocycles. The van der Waals surface area contributed by atoms with Crippen molar-refractivity contribution in [3.05, 3.63) is 29.8 Å². The van der Waals surface area contributed by atoms with Crippen molar-refractivity contribution in [2.75, 3.05) is 31.1 Å². The van der Waals surface area contributed by atoms with Gasteiger partial charge in [0.05, 0.1) is 0 Å². The van der Waals surface area contributed by atoms with Gasteiger partial charge >= 0.3 is 12.1 Å². The number of carbonyl (C=O) groups is 2. The molecule has 1 fully saturated rings. The van der Waals surface area contributed by atoms with Crippen molar-refractivity contribution >= 4 is 17.7 Å².